The van der Waals surface area contributed by atoms with Crippen LogP contribution in [0, 0.1) is 58.2 Å². The maximum atomic E-state index is 14.7. The second-order valence-electron chi connectivity index (χ2n) is 13.3. The summed E-state index contributed by atoms with van der Waals surface area (Å²) in [5.41, 5.74) is 1.56. The molecule has 6 aliphatic rings. The Balaban J connectivity index is 1.61. The van der Waals surface area contributed by atoms with Crippen LogP contribution in [0.4, 0.5) is 0 Å². The number of ether oxygens (including phenoxy) is 1. The van der Waals surface area contributed by atoms with Crippen LogP contribution in [-0.4, -0.2) is 23.7 Å². The Bertz CT molecular complexity index is 1220. The van der Waals surface area contributed by atoms with Crippen molar-refractivity contribution in [1.29, 1.82) is 0 Å². The normalized spacial score (nSPS) is 46.5. The summed E-state index contributed by atoms with van der Waals surface area (Å²) in [6, 6.07) is 7.95. The minimum absolute atomic E-state index is 0.0265. The van der Waals surface area contributed by atoms with Crippen molar-refractivity contribution in [3.63, 3.8) is 0 Å². The third kappa shape index (κ3) is 3.38. The number of allylic oxidation sites excluding steroid dienone is 3. The van der Waals surface area contributed by atoms with Gasteiger partial charge in [0.2, 0.25) is 11.8 Å². The van der Waals surface area contributed by atoms with E-state index in [0.717, 1.165) is 24.2 Å². The fourth-order valence-corrected chi connectivity index (χ4v) is 9.90. The number of amides is 2. The first-order valence-electron chi connectivity index (χ1n) is 14.0. The van der Waals surface area contributed by atoms with Gasteiger partial charge in [-0.25, -0.2) is 0 Å². The average molecular weight is 502 g/mol. The molecule has 196 valence electrons. The number of ketones is 1. The number of carbonyl (C=O) groups excluding carboxylic acids is 3. The van der Waals surface area contributed by atoms with Gasteiger partial charge in [0, 0.05) is 23.2 Å². The summed E-state index contributed by atoms with van der Waals surface area (Å²) < 4.78 is 6.95. The Morgan fingerprint density at radius 1 is 1.05 bits per heavy atom. The molecule has 2 saturated carbocycles. The van der Waals surface area contributed by atoms with E-state index in [-0.39, 0.29) is 41.0 Å². The van der Waals surface area contributed by atoms with Gasteiger partial charge in [-0.1, -0.05) is 57.6 Å². The highest BCUT2D eigenvalue weighted by Crippen LogP contribution is 2.68. The first kappa shape index (κ1) is 24.6. The number of imide groups is 1. The fraction of sp³-hybridized carbons (Fsp3) is 0.594. The molecule has 7 rings (SSSR count). The van der Waals surface area contributed by atoms with Crippen LogP contribution < -0.4 is 10.1 Å². The van der Waals surface area contributed by atoms with E-state index in [4.69, 9.17) is 4.74 Å². The zero-order valence-corrected chi connectivity index (χ0v) is 22.6. The molecule has 3 aliphatic heterocycles. The number of hydrogen-bond donors (Lipinski definition) is 1. The summed E-state index contributed by atoms with van der Waals surface area (Å²) in [4.78, 5) is 40.9. The van der Waals surface area contributed by atoms with Crippen molar-refractivity contribution < 1.29 is 19.1 Å². The Labute approximate surface area is 220 Å². The van der Waals surface area contributed by atoms with Gasteiger partial charge >= 0.3 is 0 Å². The predicted octanol–water partition coefficient (Wildman–Crippen LogP) is 5.15. The molecule has 2 amide bonds. The molecule has 2 bridgehead atoms. The van der Waals surface area contributed by atoms with E-state index in [1.54, 1.807) is 0 Å². The van der Waals surface area contributed by atoms with Gasteiger partial charge in [0.05, 0.1) is 5.92 Å². The zero-order valence-electron chi connectivity index (χ0n) is 22.6. The van der Waals surface area contributed by atoms with Crippen molar-refractivity contribution in [1.82, 2.24) is 5.32 Å². The third-order valence-corrected chi connectivity index (χ3v) is 10.8. The Kier molecular flexibility index (Phi) is 5.43. The molecule has 3 aliphatic carbocycles. The standard InChI is InChI=1S/C32H39NO4/c1-7-31(5)15-18(4)24-23-26(31)27(34)22-21(29(35)33-30(22)36)13-19-8-10-20(11-9-19)37-28(23)25-17(3)12-16(2)14-32(24,25)6/h7-11,15-17,21-26,28H,1,12-14H2,2-6H3,(H,33,35,36)/t16-,17+,21+,22-,23?,24?,25?,26+,28+,31+,32+/m1/s1. The summed E-state index contributed by atoms with van der Waals surface area (Å²) in [7, 11) is 0. The van der Waals surface area contributed by atoms with Crippen molar-refractivity contribution in [3.05, 3.63) is 54.1 Å². The molecule has 1 aromatic rings. The summed E-state index contributed by atoms with van der Waals surface area (Å²) >= 11 is 0. The lowest BCUT2D eigenvalue weighted by atomic mass is 9.53. The van der Waals surface area contributed by atoms with Crippen molar-refractivity contribution >= 4 is 17.6 Å². The van der Waals surface area contributed by atoms with Gasteiger partial charge in [-0.15, -0.1) is 6.58 Å². The molecule has 1 saturated heterocycles. The maximum Gasteiger partial charge on any atom is 0.237 e. The van der Waals surface area contributed by atoms with Crippen LogP contribution in [0.15, 0.2) is 48.6 Å². The maximum absolute atomic E-state index is 14.7. The molecular formula is C32H39NO4. The monoisotopic (exact) mass is 501 g/mol. The molecule has 3 heterocycles. The molecule has 3 unspecified atom stereocenters. The molecule has 11 atom stereocenters. The minimum Gasteiger partial charge on any atom is -0.490 e. The van der Waals surface area contributed by atoms with Crippen molar-refractivity contribution in [2.24, 2.45) is 58.2 Å². The Hall–Kier alpha value is -2.69. The largest absolute Gasteiger partial charge is 0.490 e. The summed E-state index contributed by atoms with van der Waals surface area (Å²) in [5.74, 6) is -0.911. The van der Waals surface area contributed by atoms with Crippen LogP contribution in [0.25, 0.3) is 0 Å². The highest BCUT2D eigenvalue weighted by Gasteiger charge is 2.68. The highest BCUT2D eigenvalue weighted by molar-refractivity contribution is 6.16. The molecule has 5 heteroatoms. The summed E-state index contributed by atoms with van der Waals surface area (Å²) in [5, 5.41) is 2.49. The van der Waals surface area contributed by atoms with Crippen molar-refractivity contribution in [3.8, 4) is 5.75 Å². The quantitative estimate of drug-likeness (QED) is 0.328. The van der Waals surface area contributed by atoms with Gasteiger partial charge in [-0.2, -0.15) is 0 Å². The molecule has 3 fully saturated rings. The number of nitrogens with one attached hydrogen (secondary N) is 1. The zero-order chi connectivity index (χ0) is 26.4. The molecule has 1 N–H and O–H groups in total. The first-order valence-corrected chi connectivity index (χ1v) is 14.0. The molecule has 0 radical (unpaired) electrons. The smallest absolute Gasteiger partial charge is 0.237 e. The Morgan fingerprint density at radius 3 is 2.43 bits per heavy atom. The van der Waals surface area contributed by atoms with Gasteiger partial charge in [0.1, 0.15) is 17.8 Å². The van der Waals surface area contributed by atoms with E-state index in [1.165, 1.54) is 5.57 Å². The average Bonchev–Trinajstić information content (AvgIpc) is 3.23. The van der Waals surface area contributed by atoms with E-state index < -0.39 is 29.1 Å². The minimum atomic E-state index is -0.990. The topological polar surface area (TPSA) is 72.5 Å². The predicted molar refractivity (Wildman–Crippen MR) is 141 cm³/mol. The van der Waals surface area contributed by atoms with Gasteiger partial charge in [0.15, 0.2) is 5.78 Å². The molecule has 1 aromatic carbocycles. The molecule has 0 spiro atoms. The van der Waals surface area contributed by atoms with Crippen molar-refractivity contribution in [2.75, 3.05) is 0 Å². The van der Waals surface area contributed by atoms with Crippen LogP contribution in [0.1, 0.15) is 53.0 Å². The van der Waals surface area contributed by atoms with Gasteiger partial charge in [-0.3, -0.25) is 19.7 Å². The molecule has 37 heavy (non-hydrogen) atoms. The number of rotatable bonds is 1. The van der Waals surface area contributed by atoms with Gasteiger partial charge in [-0.05, 0) is 67.1 Å². The van der Waals surface area contributed by atoms with E-state index in [9.17, 15) is 14.4 Å². The van der Waals surface area contributed by atoms with E-state index in [2.05, 4.69) is 52.6 Å². The number of Topliss-reactive ketones (excluding diaryl/α,β-unsaturated/α-hetero) is 1. The van der Waals surface area contributed by atoms with Crippen LogP contribution in [-0.2, 0) is 20.8 Å². The SMILES string of the molecule is C=C[C@@]1(C)C=C(C)C2C3[C@H](Oc4ccc(cc4)C[C@@H]4C(=O)NC(=O)[C@H]4C(=O)[C@H]31)C1[C@@H](C)C[C@@H](C)C[C@@]21C. The van der Waals surface area contributed by atoms with E-state index in [1.807, 2.05) is 30.3 Å². The lowest BCUT2D eigenvalue weighted by molar-refractivity contribution is -0.141. The van der Waals surface area contributed by atoms with Crippen LogP contribution >= 0.6 is 0 Å². The first-order chi connectivity index (χ1) is 17.5. The van der Waals surface area contributed by atoms with Crippen LogP contribution in [0.3, 0.4) is 0 Å². The highest BCUT2D eigenvalue weighted by atomic mass is 16.5. The fourth-order valence-electron chi connectivity index (χ4n) is 9.90. The Morgan fingerprint density at radius 2 is 1.76 bits per heavy atom. The lowest BCUT2D eigenvalue weighted by Crippen LogP contribution is -2.51. The molecule has 0 aromatic heterocycles. The summed E-state index contributed by atoms with van der Waals surface area (Å²) in [6.07, 6.45) is 6.53. The van der Waals surface area contributed by atoms with Gasteiger partial charge in [0.25, 0.3) is 0 Å². The van der Waals surface area contributed by atoms with Gasteiger partial charge < -0.3 is 4.74 Å². The van der Waals surface area contributed by atoms with Crippen LogP contribution in [0.5, 0.6) is 5.75 Å². The number of benzene rings is 1. The van der Waals surface area contributed by atoms with Crippen molar-refractivity contribution in [2.45, 2.75) is 60.0 Å². The lowest BCUT2D eigenvalue weighted by Gasteiger charge is -2.50. The van der Waals surface area contributed by atoms with Crippen LogP contribution in [0.2, 0.25) is 0 Å². The molecule has 5 nitrogen and oxygen atoms in total. The molecular weight excluding hydrogens is 462 g/mol. The second-order valence-corrected chi connectivity index (χ2v) is 13.3. The van der Waals surface area contributed by atoms with E-state index in [0.29, 0.717) is 18.3 Å². The van der Waals surface area contributed by atoms with E-state index >= 15 is 0 Å². The third-order valence-electron chi connectivity index (χ3n) is 10.8. The number of fused-ring (bicyclic) bond motifs is 4. The number of hydrogen-bond acceptors (Lipinski definition) is 4. The summed E-state index contributed by atoms with van der Waals surface area (Å²) in [6.45, 7) is 15.6. The second kappa shape index (κ2) is 8.15. The number of carbonyl (C=O) groups is 3.